The third-order valence-electron chi connectivity index (χ3n) is 2.77. The lowest BCUT2D eigenvalue weighted by Gasteiger charge is -2.03. The Kier molecular flexibility index (Phi) is 2.90. The lowest BCUT2D eigenvalue weighted by atomic mass is 10.0. The Hall–Kier alpha value is -2.76. The standard InChI is InChI=1S/C14H9F2N3O/c15-9-5-8(6-10(16)7-9)12-13(20-19-14(12)17)11-3-1-2-4-18-11/h1-7H,(H2,17,19). The van der Waals surface area contributed by atoms with Gasteiger partial charge in [-0.3, -0.25) is 4.98 Å². The largest absolute Gasteiger partial charge is 0.380 e. The van der Waals surface area contributed by atoms with Crippen molar-refractivity contribution in [2.45, 2.75) is 0 Å². The molecule has 0 saturated heterocycles. The molecule has 0 saturated carbocycles. The molecular formula is C14H9F2N3O. The van der Waals surface area contributed by atoms with Gasteiger partial charge in [-0.25, -0.2) is 8.78 Å². The van der Waals surface area contributed by atoms with Crippen molar-refractivity contribution in [3.05, 3.63) is 54.2 Å². The van der Waals surface area contributed by atoms with Crippen LogP contribution in [0.25, 0.3) is 22.6 Å². The number of halogens is 2. The maximum absolute atomic E-state index is 13.3. The zero-order valence-electron chi connectivity index (χ0n) is 10.2. The highest BCUT2D eigenvalue weighted by Gasteiger charge is 2.19. The molecule has 0 radical (unpaired) electrons. The van der Waals surface area contributed by atoms with Crippen molar-refractivity contribution in [3.63, 3.8) is 0 Å². The number of nitrogen functional groups attached to an aromatic ring is 1. The van der Waals surface area contributed by atoms with Gasteiger partial charge in [-0.05, 0) is 29.8 Å². The number of anilines is 1. The summed E-state index contributed by atoms with van der Waals surface area (Å²) in [6.45, 7) is 0. The van der Waals surface area contributed by atoms with E-state index in [4.69, 9.17) is 10.3 Å². The second-order valence-corrected chi connectivity index (χ2v) is 4.15. The number of nitrogens with two attached hydrogens (primary N) is 1. The molecule has 6 heteroatoms. The molecule has 2 N–H and O–H groups in total. The highest BCUT2D eigenvalue weighted by molar-refractivity contribution is 5.85. The van der Waals surface area contributed by atoms with E-state index in [-0.39, 0.29) is 17.1 Å². The second kappa shape index (κ2) is 4.73. The number of hydrogen-bond acceptors (Lipinski definition) is 4. The first kappa shape index (κ1) is 12.3. The first-order chi connectivity index (χ1) is 9.65. The summed E-state index contributed by atoms with van der Waals surface area (Å²) in [4.78, 5) is 4.12. The minimum atomic E-state index is -0.701. The molecule has 0 spiro atoms. The van der Waals surface area contributed by atoms with E-state index in [1.165, 1.54) is 12.1 Å². The second-order valence-electron chi connectivity index (χ2n) is 4.15. The molecule has 100 valence electrons. The summed E-state index contributed by atoms with van der Waals surface area (Å²) in [5.41, 5.74) is 6.79. The molecule has 4 nitrogen and oxygen atoms in total. The van der Waals surface area contributed by atoms with E-state index in [0.29, 0.717) is 11.3 Å². The van der Waals surface area contributed by atoms with E-state index in [2.05, 4.69) is 10.1 Å². The fourth-order valence-corrected chi connectivity index (χ4v) is 1.95. The van der Waals surface area contributed by atoms with E-state index in [9.17, 15) is 8.78 Å². The monoisotopic (exact) mass is 273 g/mol. The van der Waals surface area contributed by atoms with Crippen molar-refractivity contribution in [2.75, 3.05) is 5.73 Å². The number of hydrogen-bond donors (Lipinski definition) is 1. The molecule has 2 aromatic heterocycles. The zero-order chi connectivity index (χ0) is 14.1. The Morgan fingerprint density at radius 2 is 1.80 bits per heavy atom. The van der Waals surface area contributed by atoms with Gasteiger partial charge in [0.25, 0.3) is 0 Å². The van der Waals surface area contributed by atoms with E-state index in [1.54, 1.807) is 24.4 Å². The van der Waals surface area contributed by atoms with Crippen molar-refractivity contribution in [3.8, 4) is 22.6 Å². The number of nitrogens with zero attached hydrogens (tertiary/aromatic N) is 2. The molecular weight excluding hydrogens is 264 g/mol. The minimum absolute atomic E-state index is 0.0515. The van der Waals surface area contributed by atoms with Crippen LogP contribution in [0, 0.1) is 11.6 Å². The Labute approximate surface area is 112 Å². The van der Waals surface area contributed by atoms with Gasteiger partial charge < -0.3 is 10.3 Å². The van der Waals surface area contributed by atoms with Crippen molar-refractivity contribution in [1.82, 2.24) is 10.1 Å². The van der Waals surface area contributed by atoms with Gasteiger partial charge in [0, 0.05) is 12.3 Å². The number of benzene rings is 1. The van der Waals surface area contributed by atoms with E-state index in [1.807, 2.05) is 0 Å². The third kappa shape index (κ3) is 2.11. The lowest BCUT2D eigenvalue weighted by Crippen LogP contribution is -1.91. The molecule has 0 amide bonds. The van der Waals surface area contributed by atoms with E-state index < -0.39 is 11.6 Å². The molecule has 0 unspecified atom stereocenters. The maximum Gasteiger partial charge on any atom is 0.195 e. The van der Waals surface area contributed by atoms with Crippen molar-refractivity contribution in [2.24, 2.45) is 0 Å². The summed E-state index contributed by atoms with van der Waals surface area (Å²) < 4.78 is 31.8. The van der Waals surface area contributed by atoms with Gasteiger partial charge in [0.15, 0.2) is 11.6 Å². The molecule has 3 rings (SSSR count). The summed E-state index contributed by atoms with van der Waals surface area (Å²) in [6, 6.07) is 8.31. The summed E-state index contributed by atoms with van der Waals surface area (Å²) in [6.07, 6.45) is 1.57. The SMILES string of the molecule is Nc1noc(-c2ccccn2)c1-c1cc(F)cc(F)c1. The average molecular weight is 273 g/mol. The first-order valence-corrected chi connectivity index (χ1v) is 5.78. The molecule has 0 atom stereocenters. The van der Waals surface area contributed by atoms with E-state index in [0.717, 1.165) is 6.07 Å². The molecule has 3 aromatic rings. The van der Waals surface area contributed by atoms with Gasteiger partial charge in [0.05, 0.1) is 5.56 Å². The molecule has 2 heterocycles. The van der Waals surface area contributed by atoms with Gasteiger partial charge in [-0.15, -0.1) is 0 Å². The predicted octanol–water partition coefficient (Wildman–Crippen LogP) is 3.26. The Balaban J connectivity index is 2.22. The smallest absolute Gasteiger partial charge is 0.195 e. The van der Waals surface area contributed by atoms with Crippen LogP contribution in [0.4, 0.5) is 14.6 Å². The lowest BCUT2D eigenvalue weighted by molar-refractivity contribution is 0.435. The zero-order valence-corrected chi connectivity index (χ0v) is 10.2. The van der Waals surface area contributed by atoms with Crippen molar-refractivity contribution in [1.29, 1.82) is 0 Å². The van der Waals surface area contributed by atoms with Crippen LogP contribution in [-0.2, 0) is 0 Å². The number of aromatic nitrogens is 2. The average Bonchev–Trinajstić information content (AvgIpc) is 2.80. The van der Waals surface area contributed by atoms with Gasteiger partial charge in [-0.2, -0.15) is 0 Å². The van der Waals surface area contributed by atoms with Gasteiger partial charge >= 0.3 is 0 Å². The summed E-state index contributed by atoms with van der Waals surface area (Å²) >= 11 is 0. The molecule has 0 fully saturated rings. The molecule has 0 aliphatic rings. The predicted molar refractivity (Wildman–Crippen MR) is 69.5 cm³/mol. The summed E-state index contributed by atoms with van der Waals surface area (Å²) in [5, 5.41) is 3.65. The van der Waals surface area contributed by atoms with Gasteiger partial charge in [-0.1, -0.05) is 11.2 Å². The quantitative estimate of drug-likeness (QED) is 0.778. The molecule has 1 aromatic carbocycles. The first-order valence-electron chi connectivity index (χ1n) is 5.78. The number of rotatable bonds is 2. The molecule has 0 aliphatic carbocycles. The number of pyridine rings is 1. The van der Waals surface area contributed by atoms with Crippen LogP contribution in [-0.4, -0.2) is 10.1 Å². The third-order valence-corrected chi connectivity index (χ3v) is 2.77. The Morgan fingerprint density at radius 1 is 1.05 bits per heavy atom. The van der Waals surface area contributed by atoms with Crippen molar-refractivity contribution >= 4 is 5.82 Å². The van der Waals surface area contributed by atoms with Crippen LogP contribution in [0.3, 0.4) is 0 Å². The van der Waals surface area contributed by atoms with Crippen LogP contribution in [0.1, 0.15) is 0 Å². The minimum Gasteiger partial charge on any atom is -0.380 e. The topological polar surface area (TPSA) is 64.9 Å². The molecule has 0 aliphatic heterocycles. The van der Waals surface area contributed by atoms with Crippen LogP contribution < -0.4 is 5.73 Å². The van der Waals surface area contributed by atoms with Crippen LogP contribution in [0.5, 0.6) is 0 Å². The maximum atomic E-state index is 13.3. The highest BCUT2D eigenvalue weighted by Crippen LogP contribution is 2.36. The molecule has 0 bridgehead atoms. The summed E-state index contributed by atoms with van der Waals surface area (Å²) in [5.74, 6) is -1.08. The van der Waals surface area contributed by atoms with Crippen LogP contribution >= 0.6 is 0 Å². The van der Waals surface area contributed by atoms with Crippen LogP contribution in [0.15, 0.2) is 47.1 Å². The highest BCUT2D eigenvalue weighted by atomic mass is 19.1. The molecule has 20 heavy (non-hydrogen) atoms. The van der Waals surface area contributed by atoms with Crippen molar-refractivity contribution < 1.29 is 13.3 Å². The Morgan fingerprint density at radius 3 is 2.45 bits per heavy atom. The summed E-state index contributed by atoms with van der Waals surface area (Å²) in [7, 11) is 0. The Bertz CT molecular complexity index is 736. The van der Waals surface area contributed by atoms with Gasteiger partial charge in [0.1, 0.15) is 17.3 Å². The fraction of sp³-hybridized carbons (Fsp3) is 0. The normalized spacial score (nSPS) is 10.7. The van der Waals surface area contributed by atoms with Crippen LogP contribution in [0.2, 0.25) is 0 Å². The van der Waals surface area contributed by atoms with E-state index >= 15 is 0 Å². The fourth-order valence-electron chi connectivity index (χ4n) is 1.95. The van der Waals surface area contributed by atoms with Gasteiger partial charge in [0.2, 0.25) is 0 Å².